The molecule has 0 amide bonds. The van der Waals surface area contributed by atoms with E-state index in [2.05, 4.69) is 0 Å². The summed E-state index contributed by atoms with van der Waals surface area (Å²) in [6.45, 7) is 4.31. The molecule has 1 atom stereocenters. The maximum absolute atomic E-state index is 12.8. The molecular formula is C16H24FNO4S. The molecule has 1 aliphatic rings. The fourth-order valence-electron chi connectivity index (χ4n) is 2.62. The van der Waals surface area contributed by atoms with Gasteiger partial charge in [0.1, 0.15) is 18.2 Å². The molecule has 1 fully saturated rings. The number of ether oxygens (including phenoxy) is 2. The van der Waals surface area contributed by atoms with Crippen LogP contribution in [0, 0.1) is 11.7 Å². The molecule has 1 aromatic carbocycles. The van der Waals surface area contributed by atoms with E-state index in [1.165, 1.54) is 28.6 Å². The average molecular weight is 345 g/mol. The first kappa shape index (κ1) is 18.2. The summed E-state index contributed by atoms with van der Waals surface area (Å²) in [7, 11) is -3.34. The Morgan fingerprint density at radius 3 is 2.74 bits per heavy atom. The number of hydrogen-bond acceptors (Lipinski definition) is 4. The second kappa shape index (κ2) is 8.61. The molecule has 130 valence electrons. The van der Waals surface area contributed by atoms with Crippen LogP contribution in [0.3, 0.4) is 0 Å². The van der Waals surface area contributed by atoms with E-state index in [4.69, 9.17) is 9.47 Å². The van der Waals surface area contributed by atoms with Crippen LogP contribution in [0.25, 0.3) is 0 Å². The Balaban J connectivity index is 1.82. The maximum Gasteiger partial charge on any atom is 0.217 e. The molecule has 0 aromatic heterocycles. The quantitative estimate of drug-likeness (QED) is 0.725. The number of benzene rings is 1. The lowest BCUT2D eigenvalue weighted by Gasteiger charge is -2.31. The first-order valence-corrected chi connectivity index (χ1v) is 9.56. The Kier molecular flexibility index (Phi) is 6.80. The van der Waals surface area contributed by atoms with Gasteiger partial charge in [-0.15, -0.1) is 0 Å². The summed E-state index contributed by atoms with van der Waals surface area (Å²) in [5, 5.41) is 0. The highest BCUT2D eigenvalue weighted by atomic mass is 32.2. The van der Waals surface area contributed by atoms with E-state index in [0.717, 1.165) is 12.8 Å². The van der Waals surface area contributed by atoms with E-state index >= 15 is 0 Å². The zero-order valence-electron chi connectivity index (χ0n) is 13.4. The molecule has 23 heavy (non-hydrogen) atoms. The summed E-state index contributed by atoms with van der Waals surface area (Å²) in [5.41, 5.74) is 0. The van der Waals surface area contributed by atoms with Gasteiger partial charge in [-0.2, -0.15) is 0 Å². The maximum atomic E-state index is 12.8. The molecule has 0 spiro atoms. The number of rotatable bonds is 8. The Hall–Kier alpha value is -1.18. The molecule has 0 bridgehead atoms. The van der Waals surface area contributed by atoms with Gasteiger partial charge in [0.2, 0.25) is 10.0 Å². The standard InChI is InChI=1S/C16H24FNO4S/c1-2-21-13-14-4-3-9-18(12-14)23(19,20)11-10-22-16-7-5-15(17)6-8-16/h5-8,14H,2-4,9-13H2,1H3. The molecule has 0 radical (unpaired) electrons. The highest BCUT2D eigenvalue weighted by Gasteiger charge is 2.28. The predicted molar refractivity (Wildman–Crippen MR) is 86.5 cm³/mol. The molecule has 1 aromatic rings. The molecule has 5 nitrogen and oxygen atoms in total. The highest BCUT2D eigenvalue weighted by molar-refractivity contribution is 7.89. The zero-order valence-corrected chi connectivity index (χ0v) is 14.2. The van der Waals surface area contributed by atoms with Crippen molar-refractivity contribution in [3.63, 3.8) is 0 Å². The van der Waals surface area contributed by atoms with E-state index in [-0.39, 0.29) is 24.1 Å². The fraction of sp³-hybridized carbons (Fsp3) is 0.625. The molecule has 0 N–H and O–H groups in total. The summed E-state index contributed by atoms with van der Waals surface area (Å²) in [6.07, 6.45) is 1.86. The molecule has 0 saturated carbocycles. The van der Waals surface area contributed by atoms with Crippen molar-refractivity contribution in [3.8, 4) is 5.75 Å². The highest BCUT2D eigenvalue weighted by Crippen LogP contribution is 2.20. The minimum Gasteiger partial charge on any atom is -0.492 e. The summed E-state index contributed by atoms with van der Waals surface area (Å²) in [6, 6.07) is 5.54. The number of halogens is 1. The lowest BCUT2D eigenvalue weighted by molar-refractivity contribution is 0.0863. The number of nitrogens with zero attached hydrogens (tertiary/aromatic N) is 1. The van der Waals surface area contributed by atoms with Gasteiger partial charge >= 0.3 is 0 Å². The van der Waals surface area contributed by atoms with E-state index in [1.54, 1.807) is 0 Å². The summed E-state index contributed by atoms with van der Waals surface area (Å²) in [4.78, 5) is 0. The van der Waals surface area contributed by atoms with Gasteiger partial charge in [-0.1, -0.05) is 0 Å². The first-order chi connectivity index (χ1) is 11.0. The van der Waals surface area contributed by atoms with Gasteiger partial charge < -0.3 is 9.47 Å². The van der Waals surface area contributed by atoms with Crippen LogP contribution in [0.15, 0.2) is 24.3 Å². The Labute approximate surface area is 137 Å². The molecule has 0 aliphatic carbocycles. The van der Waals surface area contributed by atoms with Crippen molar-refractivity contribution in [3.05, 3.63) is 30.1 Å². The van der Waals surface area contributed by atoms with Crippen LogP contribution in [-0.2, 0) is 14.8 Å². The van der Waals surface area contributed by atoms with Crippen molar-refractivity contribution < 1.29 is 22.3 Å². The summed E-state index contributed by atoms with van der Waals surface area (Å²) in [5.74, 6) is 0.302. The third-order valence-electron chi connectivity index (χ3n) is 3.86. The predicted octanol–water partition coefficient (Wildman–Crippen LogP) is 2.28. The molecule has 2 rings (SSSR count). The molecule has 1 aliphatic heterocycles. The molecule has 1 heterocycles. The number of hydrogen-bond donors (Lipinski definition) is 0. The van der Waals surface area contributed by atoms with Crippen LogP contribution in [-0.4, -0.2) is 51.4 Å². The van der Waals surface area contributed by atoms with Gasteiger partial charge in [0.25, 0.3) is 0 Å². The normalized spacial score (nSPS) is 19.7. The molecular weight excluding hydrogens is 321 g/mol. The SMILES string of the molecule is CCOCC1CCCN(S(=O)(=O)CCOc2ccc(F)cc2)C1. The van der Waals surface area contributed by atoms with Gasteiger partial charge in [0.05, 0.1) is 12.4 Å². The van der Waals surface area contributed by atoms with Crippen molar-refractivity contribution >= 4 is 10.0 Å². The largest absolute Gasteiger partial charge is 0.492 e. The second-order valence-electron chi connectivity index (χ2n) is 5.64. The molecule has 1 unspecified atom stereocenters. The van der Waals surface area contributed by atoms with Gasteiger partial charge in [-0.25, -0.2) is 17.1 Å². The van der Waals surface area contributed by atoms with E-state index in [0.29, 0.717) is 32.1 Å². The molecule has 1 saturated heterocycles. The van der Waals surface area contributed by atoms with Crippen LogP contribution < -0.4 is 4.74 Å². The van der Waals surface area contributed by atoms with Crippen LogP contribution in [0.4, 0.5) is 4.39 Å². The smallest absolute Gasteiger partial charge is 0.217 e. The number of piperidine rings is 1. The van der Waals surface area contributed by atoms with Crippen LogP contribution in [0.2, 0.25) is 0 Å². The third-order valence-corrected chi connectivity index (χ3v) is 5.66. The number of sulfonamides is 1. The van der Waals surface area contributed by atoms with Gasteiger partial charge in [0.15, 0.2) is 0 Å². The van der Waals surface area contributed by atoms with Crippen LogP contribution >= 0.6 is 0 Å². The van der Waals surface area contributed by atoms with E-state index in [9.17, 15) is 12.8 Å². The van der Waals surface area contributed by atoms with Gasteiger partial charge in [0, 0.05) is 19.7 Å². The summed E-state index contributed by atoms with van der Waals surface area (Å²) >= 11 is 0. The topological polar surface area (TPSA) is 55.8 Å². The Morgan fingerprint density at radius 1 is 1.30 bits per heavy atom. The second-order valence-corrected chi connectivity index (χ2v) is 7.73. The van der Waals surface area contributed by atoms with Crippen molar-refractivity contribution in [2.75, 3.05) is 38.7 Å². The third kappa shape index (κ3) is 5.75. The monoisotopic (exact) mass is 345 g/mol. The molecule has 7 heteroatoms. The van der Waals surface area contributed by atoms with Crippen LogP contribution in [0.5, 0.6) is 5.75 Å². The Morgan fingerprint density at radius 2 is 2.04 bits per heavy atom. The lowest BCUT2D eigenvalue weighted by atomic mass is 10.0. The van der Waals surface area contributed by atoms with Crippen molar-refractivity contribution in [2.45, 2.75) is 19.8 Å². The fourth-order valence-corrected chi connectivity index (χ4v) is 4.02. The van der Waals surface area contributed by atoms with Crippen LogP contribution in [0.1, 0.15) is 19.8 Å². The van der Waals surface area contributed by atoms with Crippen molar-refractivity contribution in [1.82, 2.24) is 4.31 Å². The van der Waals surface area contributed by atoms with E-state index < -0.39 is 10.0 Å². The first-order valence-electron chi connectivity index (χ1n) is 7.95. The minimum absolute atomic E-state index is 0.0561. The van der Waals surface area contributed by atoms with Crippen molar-refractivity contribution in [2.24, 2.45) is 5.92 Å². The van der Waals surface area contributed by atoms with Crippen molar-refractivity contribution in [1.29, 1.82) is 0 Å². The minimum atomic E-state index is -3.34. The average Bonchev–Trinajstić information content (AvgIpc) is 2.55. The van der Waals surface area contributed by atoms with Gasteiger partial charge in [-0.05, 0) is 49.9 Å². The summed E-state index contributed by atoms with van der Waals surface area (Å²) < 4.78 is 49.9. The van der Waals surface area contributed by atoms with E-state index in [1.807, 2.05) is 6.92 Å². The lowest BCUT2D eigenvalue weighted by Crippen LogP contribution is -2.43. The zero-order chi connectivity index (χ0) is 16.7. The van der Waals surface area contributed by atoms with Gasteiger partial charge in [-0.3, -0.25) is 0 Å². The Bertz CT molecular complexity index is 576.